The molecular formula is C9H5BrFN3OS. The molecule has 0 saturated carbocycles. The monoisotopic (exact) mass is 301 g/mol. The highest BCUT2D eigenvalue weighted by atomic mass is 79.9. The van der Waals surface area contributed by atoms with Crippen LogP contribution in [0.2, 0.25) is 0 Å². The molecule has 1 heterocycles. The van der Waals surface area contributed by atoms with E-state index in [1.165, 1.54) is 18.3 Å². The molecule has 0 saturated heterocycles. The van der Waals surface area contributed by atoms with Gasteiger partial charge in [0, 0.05) is 17.1 Å². The van der Waals surface area contributed by atoms with E-state index in [-0.39, 0.29) is 5.56 Å². The molecule has 0 bridgehead atoms. The Labute approximate surface area is 103 Å². The topological polar surface area (TPSA) is 54.9 Å². The van der Waals surface area contributed by atoms with Crippen LogP contribution in [0.1, 0.15) is 10.4 Å². The van der Waals surface area contributed by atoms with E-state index in [4.69, 9.17) is 0 Å². The molecule has 0 spiro atoms. The molecule has 2 aromatic rings. The number of amides is 1. The van der Waals surface area contributed by atoms with E-state index >= 15 is 0 Å². The zero-order valence-corrected chi connectivity index (χ0v) is 10.2. The van der Waals surface area contributed by atoms with Crippen molar-refractivity contribution in [3.05, 3.63) is 40.2 Å². The van der Waals surface area contributed by atoms with Crippen molar-refractivity contribution in [1.29, 1.82) is 0 Å². The minimum Gasteiger partial charge on any atom is -0.311 e. The molecule has 1 N–H and O–H groups in total. The molecule has 1 amide bonds. The lowest BCUT2D eigenvalue weighted by atomic mass is 10.2. The SMILES string of the molecule is O=C(Nc1cnns1)c1ccc(Br)c(F)c1. The van der Waals surface area contributed by atoms with Crippen LogP contribution in [0.5, 0.6) is 0 Å². The molecule has 1 aromatic heterocycles. The molecule has 82 valence electrons. The van der Waals surface area contributed by atoms with Gasteiger partial charge in [0.15, 0.2) is 0 Å². The summed E-state index contributed by atoms with van der Waals surface area (Å²) in [6.45, 7) is 0. The Morgan fingerprint density at radius 1 is 1.50 bits per heavy atom. The third-order valence-corrected chi connectivity index (χ3v) is 3.00. The number of halogens is 2. The van der Waals surface area contributed by atoms with Gasteiger partial charge in [-0.3, -0.25) is 4.79 Å². The van der Waals surface area contributed by atoms with Crippen molar-refractivity contribution in [1.82, 2.24) is 9.59 Å². The predicted molar refractivity (Wildman–Crippen MR) is 62.0 cm³/mol. The van der Waals surface area contributed by atoms with Crippen LogP contribution in [0.4, 0.5) is 9.39 Å². The Kier molecular flexibility index (Phi) is 3.25. The van der Waals surface area contributed by atoms with E-state index < -0.39 is 11.7 Å². The molecule has 0 fully saturated rings. The number of carbonyl (C=O) groups is 1. The van der Waals surface area contributed by atoms with E-state index in [9.17, 15) is 9.18 Å². The molecule has 1 aromatic carbocycles. The van der Waals surface area contributed by atoms with Crippen LogP contribution >= 0.6 is 27.5 Å². The Hall–Kier alpha value is -1.34. The number of nitrogens with zero attached hydrogens (tertiary/aromatic N) is 2. The Balaban J connectivity index is 2.18. The van der Waals surface area contributed by atoms with Gasteiger partial charge in [-0.05, 0) is 34.1 Å². The normalized spacial score (nSPS) is 10.1. The van der Waals surface area contributed by atoms with Crippen molar-refractivity contribution in [2.45, 2.75) is 0 Å². The predicted octanol–water partition coefficient (Wildman–Crippen LogP) is 2.69. The first-order valence-electron chi connectivity index (χ1n) is 4.20. The number of aromatic nitrogens is 2. The number of rotatable bonds is 2. The molecule has 0 aliphatic rings. The molecule has 0 radical (unpaired) electrons. The molecule has 0 atom stereocenters. The van der Waals surface area contributed by atoms with Crippen LogP contribution in [0.3, 0.4) is 0 Å². The smallest absolute Gasteiger partial charge is 0.256 e. The maximum absolute atomic E-state index is 13.2. The quantitative estimate of drug-likeness (QED) is 0.928. The third-order valence-electron chi connectivity index (χ3n) is 1.78. The molecule has 2 rings (SSSR count). The largest absolute Gasteiger partial charge is 0.311 e. The number of hydrogen-bond acceptors (Lipinski definition) is 4. The van der Waals surface area contributed by atoms with Gasteiger partial charge in [0.1, 0.15) is 10.8 Å². The van der Waals surface area contributed by atoms with Gasteiger partial charge in [0.25, 0.3) is 5.91 Å². The van der Waals surface area contributed by atoms with Crippen molar-refractivity contribution < 1.29 is 9.18 Å². The molecule has 16 heavy (non-hydrogen) atoms. The average Bonchev–Trinajstić information content (AvgIpc) is 2.74. The van der Waals surface area contributed by atoms with Gasteiger partial charge >= 0.3 is 0 Å². The van der Waals surface area contributed by atoms with E-state index in [1.807, 2.05) is 0 Å². The van der Waals surface area contributed by atoms with Crippen molar-refractivity contribution in [2.75, 3.05) is 5.32 Å². The van der Waals surface area contributed by atoms with Crippen LogP contribution in [0.15, 0.2) is 28.9 Å². The summed E-state index contributed by atoms with van der Waals surface area (Å²) in [5, 5.41) is 6.65. The van der Waals surface area contributed by atoms with E-state index in [0.29, 0.717) is 9.47 Å². The lowest BCUT2D eigenvalue weighted by Gasteiger charge is -2.02. The van der Waals surface area contributed by atoms with Crippen molar-refractivity contribution in [3.8, 4) is 0 Å². The standard InChI is InChI=1S/C9H5BrFN3OS/c10-6-2-1-5(3-7(6)11)9(15)13-8-4-12-14-16-8/h1-4H,(H,13,15). The van der Waals surface area contributed by atoms with E-state index in [1.54, 1.807) is 0 Å². The minimum atomic E-state index is -0.477. The molecule has 7 heteroatoms. The fraction of sp³-hybridized carbons (Fsp3) is 0. The van der Waals surface area contributed by atoms with Crippen molar-refractivity contribution in [2.24, 2.45) is 0 Å². The lowest BCUT2D eigenvalue weighted by molar-refractivity contribution is 0.102. The van der Waals surface area contributed by atoms with E-state index in [2.05, 4.69) is 30.8 Å². The highest BCUT2D eigenvalue weighted by Crippen LogP contribution is 2.18. The van der Waals surface area contributed by atoms with Crippen LogP contribution < -0.4 is 5.32 Å². The van der Waals surface area contributed by atoms with Gasteiger partial charge in [-0.1, -0.05) is 4.49 Å². The fourth-order valence-corrected chi connectivity index (χ4v) is 1.71. The van der Waals surface area contributed by atoms with Crippen molar-refractivity contribution in [3.63, 3.8) is 0 Å². The average molecular weight is 302 g/mol. The summed E-state index contributed by atoms with van der Waals surface area (Å²) >= 11 is 4.07. The maximum atomic E-state index is 13.2. The fourth-order valence-electron chi connectivity index (χ4n) is 1.04. The van der Waals surface area contributed by atoms with Gasteiger partial charge in [-0.15, -0.1) is 5.10 Å². The molecule has 4 nitrogen and oxygen atoms in total. The highest BCUT2D eigenvalue weighted by molar-refractivity contribution is 9.10. The van der Waals surface area contributed by atoms with Crippen LogP contribution in [0.25, 0.3) is 0 Å². The molecule has 0 aliphatic heterocycles. The second-order valence-electron chi connectivity index (χ2n) is 2.86. The van der Waals surface area contributed by atoms with Gasteiger partial charge in [0.2, 0.25) is 0 Å². The Morgan fingerprint density at radius 3 is 2.94 bits per heavy atom. The Bertz CT molecular complexity index is 517. The zero-order chi connectivity index (χ0) is 11.5. The number of benzene rings is 1. The maximum Gasteiger partial charge on any atom is 0.256 e. The van der Waals surface area contributed by atoms with Gasteiger partial charge in [-0.25, -0.2) is 4.39 Å². The summed E-state index contributed by atoms with van der Waals surface area (Å²) in [5.74, 6) is -0.868. The summed E-state index contributed by atoms with van der Waals surface area (Å²) in [6, 6.07) is 4.17. The second kappa shape index (κ2) is 4.67. The molecule has 0 unspecified atom stereocenters. The zero-order valence-electron chi connectivity index (χ0n) is 7.78. The van der Waals surface area contributed by atoms with E-state index in [0.717, 1.165) is 17.6 Å². The summed E-state index contributed by atoms with van der Waals surface area (Å²) in [5.41, 5.74) is 0.245. The number of nitrogens with one attached hydrogen (secondary N) is 1. The summed E-state index contributed by atoms with van der Waals surface area (Å²) in [6.07, 6.45) is 1.43. The van der Waals surface area contributed by atoms with Crippen molar-refractivity contribution >= 4 is 38.4 Å². The number of carbonyl (C=O) groups excluding carboxylic acids is 1. The first-order valence-corrected chi connectivity index (χ1v) is 5.77. The minimum absolute atomic E-state index is 0.245. The summed E-state index contributed by atoms with van der Waals surface area (Å²) < 4.78 is 17.1. The second-order valence-corrected chi connectivity index (χ2v) is 4.50. The van der Waals surface area contributed by atoms with Crippen LogP contribution in [-0.2, 0) is 0 Å². The van der Waals surface area contributed by atoms with Crippen LogP contribution in [-0.4, -0.2) is 15.5 Å². The number of anilines is 1. The molecular weight excluding hydrogens is 297 g/mol. The summed E-state index contributed by atoms with van der Waals surface area (Å²) in [7, 11) is 0. The highest BCUT2D eigenvalue weighted by Gasteiger charge is 2.09. The molecule has 0 aliphatic carbocycles. The lowest BCUT2D eigenvalue weighted by Crippen LogP contribution is -2.11. The first-order chi connectivity index (χ1) is 7.66. The summed E-state index contributed by atoms with van der Waals surface area (Å²) in [4.78, 5) is 11.6. The Morgan fingerprint density at radius 2 is 2.31 bits per heavy atom. The third kappa shape index (κ3) is 2.42. The number of hydrogen-bond donors (Lipinski definition) is 1. The van der Waals surface area contributed by atoms with Crippen LogP contribution in [0, 0.1) is 5.82 Å². The van der Waals surface area contributed by atoms with Gasteiger partial charge in [-0.2, -0.15) is 0 Å². The first kappa shape index (κ1) is 11.2. The van der Waals surface area contributed by atoms with Gasteiger partial charge in [0.05, 0.1) is 10.7 Å². The van der Waals surface area contributed by atoms with Gasteiger partial charge < -0.3 is 5.32 Å².